The molecule has 2 aromatic rings. The maximum Gasteiger partial charge on any atom is 0.336 e. The second-order valence-corrected chi connectivity index (χ2v) is 7.43. The van der Waals surface area contributed by atoms with Crippen molar-refractivity contribution in [2.45, 2.75) is 10.8 Å². The first-order chi connectivity index (χ1) is 9.30. The SMILES string of the molecule is CN(Cc1cnn(C)c1)S(=O)(=O)c1cc(C(=O)O)cs1. The second-order valence-electron chi connectivity index (χ2n) is 4.24. The summed E-state index contributed by atoms with van der Waals surface area (Å²) in [5, 5.41) is 14.1. The first-order valence-electron chi connectivity index (χ1n) is 5.56. The average Bonchev–Trinajstić information content (AvgIpc) is 2.98. The Labute approximate surface area is 120 Å². The maximum absolute atomic E-state index is 12.3. The lowest BCUT2D eigenvalue weighted by Gasteiger charge is -2.14. The standard InChI is InChI=1S/C11H13N3O4S2/c1-13-5-8(4-12-13)6-14(2)20(17,18)10-3-9(7-19-10)11(15)16/h3-5,7H,6H2,1-2H3,(H,15,16). The summed E-state index contributed by atoms with van der Waals surface area (Å²) in [4.78, 5) is 10.8. The van der Waals surface area contributed by atoms with Gasteiger partial charge >= 0.3 is 5.97 Å². The number of nitrogens with zero attached hydrogens (tertiary/aromatic N) is 3. The Kier molecular flexibility index (Phi) is 3.93. The highest BCUT2D eigenvalue weighted by atomic mass is 32.2. The largest absolute Gasteiger partial charge is 0.478 e. The van der Waals surface area contributed by atoms with Crippen LogP contribution in [0.3, 0.4) is 0 Å². The highest BCUT2D eigenvalue weighted by Gasteiger charge is 2.24. The normalized spacial score (nSPS) is 11.9. The maximum atomic E-state index is 12.3. The van der Waals surface area contributed by atoms with Crippen LogP contribution in [0.25, 0.3) is 0 Å². The highest BCUT2D eigenvalue weighted by molar-refractivity contribution is 7.91. The Hall–Kier alpha value is -1.71. The van der Waals surface area contributed by atoms with Crippen molar-refractivity contribution in [3.05, 3.63) is 35.0 Å². The van der Waals surface area contributed by atoms with Crippen molar-refractivity contribution in [2.24, 2.45) is 7.05 Å². The molecule has 0 atom stereocenters. The summed E-state index contributed by atoms with van der Waals surface area (Å²) in [6.45, 7) is 0.177. The molecule has 108 valence electrons. The fraction of sp³-hybridized carbons (Fsp3) is 0.273. The van der Waals surface area contributed by atoms with Crippen LogP contribution in [0.15, 0.2) is 28.0 Å². The minimum atomic E-state index is -3.69. The highest BCUT2D eigenvalue weighted by Crippen LogP contribution is 2.24. The first-order valence-corrected chi connectivity index (χ1v) is 7.88. The van der Waals surface area contributed by atoms with Crippen molar-refractivity contribution in [1.29, 1.82) is 0 Å². The van der Waals surface area contributed by atoms with Crippen LogP contribution in [-0.4, -0.2) is 40.6 Å². The summed E-state index contributed by atoms with van der Waals surface area (Å²) in [6, 6.07) is 1.17. The van der Waals surface area contributed by atoms with Crippen LogP contribution < -0.4 is 0 Å². The predicted octanol–water partition coefficient (Wildman–Crippen LogP) is 1.00. The predicted molar refractivity (Wildman–Crippen MR) is 73.1 cm³/mol. The zero-order chi connectivity index (χ0) is 14.9. The molecule has 0 aromatic carbocycles. The minimum Gasteiger partial charge on any atom is -0.478 e. The van der Waals surface area contributed by atoms with Gasteiger partial charge in [-0.05, 0) is 6.07 Å². The molecule has 7 nitrogen and oxygen atoms in total. The fourth-order valence-corrected chi connectivity index (χ4v) is 4.13. The molecule has 0 aliphatic rings. The Bertz CT molecular complexity index is 732. The van der Waals surface area contributed by atoms with Crippen molar-refractivity contribution in [2.75, 3.05) is 7.05 Å². The molecule has 2 heterocycles. The molecule has 0 amide bonds. The van der Waals surface area contributed by atoms with E-state index in [1.54, 1.807) is 24.1 Å². The van der Waals surface area contributed by atoms with Gasteiger partial charge in [0.2, 0.25) is 0 Å². The molecule has 0 radical (unpaired) electrons. The van der Waals surface area contributed by atoms with Gasteiger partial charge in [-0.2, -0.15) is 9.40 Å². The molecule has 2 aromatic heterocycles. The zero-order valence-corrected chi connectivity index (χ0v) is 12.5. The van der Waals surface area contributed by atoms with E-state index in [1.807, 2.05) is 0 Å². The van der Waals surface area contributed by atoms with E-state index in [4.69, 9.17) is 5.11 Å². The molecule has 0 aliphatic heterocycles. The van der Waals surface area contributed by atoms with Crippen molar-refractivity contribution in [3.63, 3.8) is 0 Å². The summed E-state index contributed by atoms with van der Waals surface area (Å²) in [6.07, 6.45) is 3.31. The summed E-state index contributed by atoms with van der Waals surface area (Å²) in [7, 11) is -0.496. The third-order valence-electron chi connectivity index (χ3n) is 2.65. The minimum absolute atomic E-state index is 0.0151. The molecular weight excluding hydrogens is 302 g/mol. The average molecular weight is 315 g/mol. The van der Waals surface area contributed by atoms with Crippen LogP contribution in [0.2, 0.25) is 0 Å². The van der Waals surface area contributed by atoms with Crippen LogP contribution in [0.5, 0.6) is 0 Å². The molecule has 2 rings (SSSR count). The van der Waals surface area contributed by atoms with E-state index in [1.165, 1.54) is 22.8 Å². The molecule has 0 bridgehead atoms. The summed E-state index contributed by atoms with van der Waals surface area (Å²) in [5.74, 6) is -1.14. The fourth-order valence-electron chi connectivity index (χ4n) is 1.61. The van der Waals surface area contributed by atoms with Crippen molar-refractivity contribution in [1.82, 2.24) is 14.1 Å². The van der Waals surface area contributed by atoms with Crippen LogP contribution in [0, 0.1) is 0 Å². The zero-order valence-electron chi connectivity index (χ0n) is 10.8. The quantitative estimate of drug-likeness (QED) is 0.888. The van der Waals surface area contributed by atoms with E-state index in [-0.39, 0.29) is 16.3 Å². The number of rotatable bonds is 5. The van der Waals surface area contributed by atoms with Gasteiger partial charge in [-0.25, -0.2) is 13.2 Å². The summed E-state index contributed by atoms with van der Waals surface area (Å²) >= 11 is 0.898. The number of thiophene rings is 1. The lowest BCUT2D eigenvalue weighted by Crippen LogP contribution is -2.25. The van der Waals surface area contributed by atoms with Gasteiger partial charge in [-0.15, -0.1) is 11.3 Å². The van der Waals surface area contributed by atoms with Gasteiger partial charge in [0.1, 0.15) is 4.21 Å². The Morgan fingerprint density at radius 3 is 2.75 bits per heavy atom. The molecule has 0 aliphatic carbocycles. The number of aromatic carboxylic acids is 1. The number of carbonyl (C=O) groups is 1. The number of aromatic nitrogens is 2. The molecule has 0 fully saturated rings. The van der Waals surface area contributed by atoms with Crippen LogP contribution in [0.1, 0.15) is 15.9 Å². The smallest absolute Gasteiger partial charge is 0.336 e. The molecule has 0 saturated carbocycles. The van der Waals surface area contributed by atoms with Gasteiger partial charge in [0.15, 0.2) is 0 Å². The van der Waals surface area contributed by atoms with E-state index in [0.29, 0.717) is 0 Å². The summed E-state index contributed by atoms with van der Waals surface area (Å²) < 4.78 is 27.4. The third kappa shape index (κ3) is 2.89. The number of carboxylic acids is 1. The summed E-state index contributed by atoms with van der Waals surface area (Å²) in [5.41, 5.74) is 0.733. The number of sulfonamides is 1. The Balaban J connectivity index is 2.22. The number of hydrogen-bond donors (Lipinski definition) is 1. The molecule has 20 heavy (non-hydrogen) atoms. The van der Waals surface area contributed by atoms with Gasteiger partial charge in [0.05, 0.1) is 11.8 Å². The van der Waals surface area contributed by atoms with Crippen molar-refractivity contribution >= 4 is 27.3 Å². The van der Waals surface area contributed by atoms with E-state index < -0.39 is 16.0 Å². The van der Waals surface area contributed by atoms with E-state index in [0.717, 1.165) is 16.9 Å². The molecule has 1 N–H and O–H groups in total. The van der Waals surface area contributed by atoms with Crippen LogP contribution in [-0.2, 0) is 23.6 Å². The number of carboxylic acid groups (broad SMARTS) is 1. The topological polar surface area (TPSA) is 92.5 Å². The Morgan fingerprint density at radius 1 is 1.55 bits per heavy atom. The molecule has 0 saturated heterocycles. The van der Waals surface area contributed by atoms with Crippen molar-refractivity contribution in [3.8, 4) is 0 Å². The molecule has 0 unspecified atom stereocenters. The molecule has 9 heteroatoms. The van der Waals surface area contributed by atoms with Crippen LogP contribution in [0.4, 0.5) is 0 Å². The third-order valence-corrected chi connectivity index (χ3v) is 5.87. The van der Waals surface area contributed by atoms with Gasteiger partial charge in [0.25, 0.3) is 10.0 Å². The molecular formula is C11H13N3O4S2. The van der Waals surface area contributed by atoms with E-state index in [2.05, 4.69) is 5.10 Å². The first kappa shape index (κ1) is 14.7. The molecule has 0 spiro atoms. The monoisotopic (exact) mass is 315 g/mol. The lowest BCUT2D eigenvalue weighted by molar-refractivity contribution is 0.0697. The van der Waals surface area contributed by atoms with E-state index in [9.17, 15) is 13.2 Å². The van der Waals surface area contributed by atoms with Gasteiger partial charge < -0.3 is 5.11 Å². The van der Waals surface area contributed by atoms with Gasteiger partial charge in [0, 0.05) is 37.8 Å². The second kappa shape index (κ2) is 5.35. The lowest BCUT2D eigenvalue weighted by atomic mass is 10.4. The number of hydrogen-bond acceptors (Lipinski definition) is 5. The van der Waals surface area contributed by atoms with Crippen molar-refractivity contribution < 1.29 is 18.3 Å². The van der Waals surface area contributed by atoms with Crippen LogP contribution >= 0.6 is 11.3 Å². The van der Waals surface area contributed by atoms with Gasteiger partial charge in [-0.3, -0.25) is 4.68 Å². The number of aryl methyl sites for hydroxylation is 1. The van der Waals surface area contributed by atoms with E-state index >= 15 is 0 Å². The Morgan fingerprint density at radius 2 is 2.25 bits per heavy atom. The van der Waals surface area contributed by atoms with Gasteiger partial charge in [-0.1, -0.05) is 0 Å².